The van der Waals surface area contributed by atoms with E-state index < -0.39 is 0 Å². The van der Waals surface area contributed by atoms with Crippen LogP contribution in [0.15, 0.2) is 42.7 Å². The van der Waals surface area contributed by atoms with Gasteiger partial charge in [-0.1, -0.05) is 19.1 Å². The summed E-state index contributed by atoms with van der Waals surface area (Å²) in [4.78, 5) is 4.15. The van der Waals surface area contributed by atoms with E-state index in [0.29, 0.717) is 6.61 Å². The van der Waals surface area contributed by atoms with E-state index in [1.807, 2.05) is 36.5 Å². The molecule has 0 aliphatic rings. The Morgan fingerprint density at radius 3 is 2.60 bits per heavy atom. The van der Waals surface area contributed by atoms with E-state index in [1.54, 1.807) is 6.20 Å². The zero-order chi connectivity index (χ0) is 14.4. The van der Waals surface area contributed by atoms with Gasteiger partial charge in [-0.3, -0.25) is 4.98 Å². The maximum absolute atomic E-state index is 6.09. The fourth-order valence-corrected chi connectivity index (χ4v) is 1.95. The minimum Gasteiger partial charge on any atom is -0.490 e. The lowest BCUT2D eigenvalue weighted by atomic mass is 10.1. The minimum absolute atomic E-state index is 0.0519. The molecule has 0 spiro atoms. The number of nitrogens with two attached hydrogens (primary N) is 2. The van der Waals surface area contributed by atoms with E-state index in [0.717, 1.165) is 35.4 Å². The van der Waals surface area contributed by atoms with Gasteiger partial charge in [0.1, 0.15) is 12.4 Å². The number of nitrogens with zero attached hydrogens (tertiary/aromatic N) is 1. The average molecular weight is 271 g/mol. The summed E-state index contributed by atoms with van der Waals surface area (Å²) in [7, 11) is 0. The van der Waals surface area contributed by atoms with Gasteiger partial charge in [0.25, 0.3) is 0 Å². The summed E-state index contributed by atoms with van der Waals surface area (Å²) in [5.41, 5.74) is 14.8. The lowest BCUT2D eigenvalue weighted by molar-refractivity contribution is 0.286. The number of rotatable bonds is 6. The number of pyridine rings is 1. The number of aryl methyl sites for hydroxylation is 1. The summed E-state index contributed by atoms with van der Waals surface area (Å²) in [6, 6.07) is 9.71. The molecule has 0 saturated heterocycles. The van der Waals surface area contributed by atoms with Gasteiger partial charge in [0.15, 0.2) is 0 Å². The van der Waals surface area contributed by atoms with E-state index in [9.17, 15) is 0 Å². The zero-order valence-electron chi connectivity index (χ0n) is 11.8. The second-order valence-corrected chi connectivity index (χ2v) is 4.90. The van der Waals surface area contributed by atoms with Crippen molar-refractivity contribution in [2.75, 3.05) is 12.3 Å². The maximum Gasteiger partial charge on any atom is 0.137 e. The van der Waals surface area contributed by atoms with Gasteiger partial charge in [0, 0.05) is 17.9 Å². The van der Waals surface area contributed by atoms with Crippen LogP contribution in [0.4, 0.5) is 5.69 Å². The Kier molecular flexibility index (Phi) is 4.96. The molecule has 0 aliphatic carbocycles. The number of anilines is 1. The number of benzene rings is 1. The number of aromatic nitrogens is 1. The Hall–Kier alpha value is -2.07. The van der Waals surface area contributed by atoms with Crippen LogP contribution in [0, 0.1) is 0 Å². The Morgan fingerprint density at radius 2 is 1.90 bits per heavy atom. The molecule has 0 radical (unpaired) electrons. The highest BCUT2D eigenvalue weighted by atomic mass is 16.5. The largest absolute Gasteiger partial charge is 0.490 e. The summed E-state index contributed by atoms with van der Waals surface area (Å²) in [6.07, 6.45) is 5.28. The molecule has 0 amide bonds. The van der Waals surface area contributed by atoms with Crippen molar-refractivity contribution in [3.05, 3.63) is 53.9 Å². The maximum atomic E-state index is 6.09. The van der Waals surface area contributed by atoms with E-state index in [2.05, 4.69) is 11.9 Å². The molecule has 0 aliphatic heterocycles. The average Bonchev–Trinajstić information content (AvgIpc) is 2.48. The van der Waals surface area contributed by atoms with Crippen LogP contribution in [0.3, 0.4) is 0 Å². The smallest absolute Gasteiger partial charge is 0.137 e. The highest BCUT2D eigenvalue weighted by Crippen LogP contribution is 2.12. The molecular weight excluding hydrogens is 250 g/mol. The van der Waals surface area contributed by atoms with Crippen LogP contribution in [0.1, 0.15) is 18.1 Å². The Bertz CT molecular complexity index is 540. The van der Waals surface area contributed by atoms with Gasteiger partial charge in [0.05, 0.1) is 6.20 Å². The topological polar surface area (TPSA) is 74.2 Å². The van der Waals surface area contributed by atoms with Crippen molar-refractivity contribution in [2.45, 2.75) is 25.8 Å². The van der Waals surface area contributed by atoms with Gasteiger partial charge in [0.2, 0.25) is 0 Å². The van der Waals surface area contributed by atoms with Crippen LogP contribution in [-0.4, -0.2) is 17.6 Å². The summed E-state index contributed by atoms with van der Waals surface area (Å²) in [6.45, 7) is 2.56. The third-order valence-corrected chi connectivity index (χ3v) is 3.12. The van der Waals surface area contributed by atoms with Crippen molar-refractivity contribution < 1.29 is 4.74 Å². The molecule has 2 aromatic rings. The molecule has 1 heterocycles. The van der Waals surface area contributed by atoms with Crippen LogP contribution in [0.5, 0.6) is 5.75 Å². The molecule has 4 nitrogen and oxygen atoms in total. The monoisotopic (exact) mass is 271 g/mol. The van der Waals surface area contributed by atoms with Crippen molar-refractivity contribution in [3.63, 3.8) is 0 Å². The highest BCUT2D eigenvalue weighted by molar-refractivity contribution is 5.39. The van der Waals surface area contributed by atoms with Gasteiger partial charge in [-0.15, -0.1) is 0 Å². The Labute approximate surface area is 119 Å². The third kappa shape index (κ3) is 4.24. The molecule has 0 saturated carbocycles. The lowest BCUT2D eigenvalue weighted by Gasteiger charge is -2.13. The van der Waals surface area contributed by atoms with Crippen molar-refractivity contribution in [1.29, 1.82) is 0 Å². The Balaban J connectivity index is 1.85. The van der Waals surface area contributed by atoms with Crippen LogP contribution >= 0.6 is 0 Å². The number of nitrogen functional groups attached to an aromatic ring is 1. The second kappa shape index (κ2) is 6.91. The molecule has 106 valence electrons. The fraction of sp³-hybridized carbons (Fsp3) is 0.312. The van der Waals surface area contributed by atoms with Crippen LogP contribution in [-0.2, 0) is 12.8 Å². The normalized spacial score (nSPS) is 12.1. The zero-order valence-corrected chi connectivity index (χ0v) is 11.8. The first kappa shape index (κ1) is 14.3. The molecule has 1 atom stereocenters. The molecule has 0 fully saturated rings. The van der Waals surface area contributed by atoms with Crippen LogP contribution in [0.25, 0.3) is 0 Å². The van der Waals surface area contributed by atoms with Crippen molar-refractivity contribution in [2.24, 2.45) is 5.73 Å². The summed E-state index contributed by atoms with van der Waals surface area (Å²) in [5, 5.41) is 0. The van der Waals surface area contributed by atoms with Gasteiger partial charge >= 0.3 is 0 Å². The van der Waals surface area contributed by atoms with Gasteiger partial charge in [-0.25, -0.2) is 0 Å². The lowest BCUT2D eigenvalue weighted by Crippen LogP contribution is -2.30. The van der Waals surface area contributed by atoms with E-state index in [1.165, 1.54) is 0 Å². The molecule has 1 aromatic carbocycles. The van der Waals surface area contributed by atoms with Crippen molar-refractivity contribution >= 4 is 5.69 Å². The van der Waals surface area contributed by atoms with E-state index in [4.69, 9.17) is 16.2 Å². The predicted octanol–water partition coefficient (Wildman–Crippen LogP) is 2.17. The van der Waals surface area contributed by atoms with E-state index >= 15 is 0 Å². The SMILES string of the molecule is CCc1cncc(OC[C@@H](N)Cc2ccc(N)cc2)c1. The molecule has 4 N–H and O–H groups in total. The van der Waals surface area contributed by atoms with Crippen molar-refractivity contribution in [3.8, 4) is 5.75 Å². The van der Waals surface area contributed by atoms with E-state index in [-0.39, 0.29) is 6.04 Å². The fourth-order valence-electron chi connectivity index (χ4n) is 1.95. The number of hydrogen-bond donors (Lipinski definition) is 2. The van der Waals surface area contributed by atoms with Crippen LogP contribution in [0.2, 0.25) is 0 Å². The molecule has 20 heavy (non-hydrogen) atoms. The van der Waals surface area contributed by atoms with Crippen molar-refractivity contribution in [1.82, 2.24) is 4.98 Å². The third-order valence-electron chi connectivity index (χ3n) is 3.12. The van der Waals surface area contributed by atoms with Gasteiger partial charge in [-0.05, 0) is 42.2 Å². The Morgan fingerprint density at radius 1 is 1.15 bits per heavy atom. The number of hydrogen-bond acceptors (Lipinski definition) is 4. The standard InChI is InChI=1S/C16H21N3O/c1-2-12-8-16(10-19-9-12)20-11-15(18)7-13-3-5-14(17)6-4-13/h3-6,8-10,15H,2,7,11,17-18H2,1H3/t15-/m0/s1. The molecule has 0 bridgehead atoms. The second-order valence-electron chi connectivity index (χ2n) is 4.90. The molecule has 2 rings (SSSR count). The summed E-state index contributed by atoms with van der Waals surface area (Å²) < 4.78 is 5.69. The molecule has 0 unspecified atom stereocenters. The molecule has 4 heteroatoms. The summed E-state index contributed by atoms with van der Waals surface area (Å²) >= 11 is 0. The predicted molar refractivity (Wildman–Crippen MR) is 81.6 cm³/mol. The first-order valence-electron chi connectivity index (χ1n) is 6.84. The first-order valence-corrected chi connectivity index (χ1v) is 6.84. The van der Waals surface area contributed by atoms with Crippen LogP contribution < -0.4 is 16.2 Å². The quantitative estimate of drug-likeness (QED) is 0.790. The number of ether oxygens (including phenoxy) is 1. The molecular formula is C16H21N3O. The highest BCUT2D eigenvalue weighted by Gasteiger charge is 2.06. The first-order chi connectivity index (χ1) is 9.67. The minimum atomic E-state index is -0.0519. The molecule has 1 aromatic heterocycles. The summed E-state index contributed by atoms with van der Waals surface area (Å²) in [5.74, 6) is 0.775. The van der Waals surface area contributed by atoms with Gasteiger partial charge in [-0.2, -0.15) is 0 Å². The van der Waals surface area contributed by atoms with Gasteiger partial charge < -0.3 is 16.2 Å².